The van der Waals surface area contributed by atoms with Gasteiger partial charge in [-0.3, -0.25) is 4.90 Å². The van der Waals surface area contributed by atoms with Gasteiger partial charge in [-0.1, -0.05) is 18.2 Å². The summed E-state index contributed by atoms with van der Waals surface area (Å²) in [5.74, 6) is 1.85. The summed E-state index contributed by atoms with van der Waals surface area (Å²) in [7, 11) is -3.13. The molecule has 2 saturated heterocycles. The van der Waals surface area contributed by atoms with E-state index in [1.54, 1.807) is 15.6 Å². The molecule has 0 bridgehead atoms. The summed E-state index contributed by atoms with van der Waals surface area (Å²) in [6.07, 6.45) is 9.49. The van der Waals surface area contributed by atoms with Crippen molar-refractivity contribution in [3.8, 4) is 0 Å². The lowest BCUT2D eigenvalue weighted by molar-refractivity contribution is 0.122. The smallest absolute Gasteiger partial charge is 0.211 e. The Labute approximate surface area is 209 Å². The van der Waals surface area contributed by atoms with Crippen LogP contribution in [-0.4, -0.2) is 98.6 Å². The molecule has 10 nitrogen and oxygen atoms in total. The lowest BCUT2D eigenvalue weighted by atomic mass is 9.88. The van der Waals surface area contributed by atoms with Crippen LogP contribution in [0.25, 0.3) is 15.8 Å². The Kier molecular flexibility index (Phi) is 6.09. The molecule has 2 unspecified atom stereocenters. The number of hydrazone groups is 1. The Morgan fingerprint density at radius 2 is 1.94 bits per heavy atom. The summed E-state index contributed by atoms with van der Waals surface area (Å²) in [6.45, 7) is 6.29. The Morgan fingerprint density at radius 3 is 2.71 bits per heavy atom. The molecule has 1 aliphatic carbocycles. The highest BCUT2D eigenvalue weighted by atomic mass is 32.2. The molecule has 12 heteroatoms. The van der Waals surface area contributed by atoms with Gasteiger partial charge < -0.3 is 15.1 Å². The van der Waals surface area contributed by atoms with E-state index in [9.17, 15) is 8.42 Å². The van der Waals surface area contributed by atoms with Gasteiger partial charge in [-0.25, -0.2) is 18.4 Å². The largest absolute Gasteiger partial charge is 0.378 e. The molecule has 35 heavy (non-hydrogen) atoms. The fourth-order valence-corrected chi connectivity index (χ4v) is 7.01. The molecule has 4 aliphatic rings. The number of nitrogens with zero attached hydrogens (tertiary/aromatic N) is 6. The number of anilines is 1. The third-order valence-electron chi connectivity index (χ3n) is 6.95. The number of piperazine rings is 1. The minimum atomic E-state index is -3.13. The van der Waals surface area contributed by atoms with Crippen molar-refractivity contribution in [3.63, 3.8) is 0 Å². The van der Waals surface area contributed by atoms with Gasteiger partial charge in [0.25, 0.3) is 0 Å². The number of hydrogen-bond acceptors (Lipinski definition) is 10. The minimum absolute atomic E-state index is 0.124. The number of sulfonamides is 1. The van der Waals surface area contributed by atoms with Gasteiger partial charge >= 0.3 is 0 Å². The highest BCUT2D eigenvalue weighted by Gasteiger charge is 2.31. The average Bonchev–Trinajstić information content (AvgIpc) is 3.50. The Bertz CT molecular complexity index is 1310. The maximum absolute atomic E-state index is 11.8. The summed E-state index contributed by atoms with van der Waals surface area (Å²) in [4.78, 5) is 15.9. The van der Waals surface area contributed by atoms with Gasteiger partial charge in [-0.2, -0.15) is 9.41 Å². The van der Waals surface area contributed by atoms with E-state index >= 15 is 0 Å². The van der Waals surface area contributed by atoms with E-state index in [0.29, 0.717) is 26.3 Å². The number of nitrogens with one attached hydrogen (secondary N) is 1. The van der Waals surface area contributed by atoms with Gasteiger partial charge in [0.15, 0.2) is 11.6 Å². The molecule has 186 valence electrons. The quantitative estimate of drug-likeness (QED) is 0.632. The summed E-state index contributed by atoms with van der Waals surface area (Å²) in [5.41, 5.74) is 5.19. The molecule has 0 saturated carbocycles. The van der Waals surface area contributed by atoms with E-state index in [0.717, 1.165) is 60.2 Å². The number of ether oxygens (including phenoxy) is 1. The first-order valence-electron chi connectivity index (χ1n) is 11.9. The zero-order chi connectivity index (χ0) is 24.0. The normalized spacial score (nSPS) is 25.6. The van der Waals surface area contributed by atoms with Crippen LogP contribution in [0, 0.1) is 5.92 Å². The van der Waals surface area contributed by atoms with Gasteiger partial charge in [-0.15, -0.1) is 11.3 Å². The van der Waals surface area contributed by atoms with E-state index in [2.05, 4.69) is 44.6 Å². The monoisotopic (exact) mass is 515 g/mol. The topological polar surface area (TPSA) is 103 Å². The predicted octanol–water partition coefficient (Wildman–Crippen LogP) is 1.13. The van der Waals surface area contributed by atoms with E-state index in [1.807, 2.05) is 6.21 Å². The third-order valence-corrected chi connectivity index (χ3v) is 9.36. The SMILES string of the molecule is CS(=O)(=O)N1CCN(Cc2cc3nc(C4=CC=CC5NN=CC45)nc(N4CCOCC4)c3s2)CC1. The molecular formula is C23H29N7O3S2. The summed E-state index contributed by atoms with van der Waals surface area (Å²) in [6, 6.07) is 2.32. The maximum Gasteiger partial charge on any atom is 0.211 e. The van der Waals surface area contributed by atoms with Crippen LogP contribution in [0.1, 0.15) is 10.7 Å². The number of thiophene rings is 1. The van der Waals surface area contributed by atoms with Crippen molar-refractivity contribution in [2.24, 2.45) is 11.0 Å². The second-order valence-corrected chi connectivity index (χ2v) is 12.4. The van der Waals surface area contributed by atoms with Crippen molar-refractivity contribution in [3.05, 3.63) is 35.0 Å². The number of hydrogen-bond donors (Lipinski definition) is 1. The number of morpholine rings is 1. The van der Waals surface area contributed by atoms with Crippen molar-refractivity contribution in [1.82, 2.24) is 24.6 Å². The number of aromatic nitrogens is 2. The fourth-order valence-electron chi connectivity index (χ4n) is 5.03. The van der Waals surface area contributed by atoms with Crippen LogP contribution in [0.2, 0.25) is 0 Å². The first-order chi connectivity index (χ1) is 17.0. The standard InChI is InChI=1S/C23H29N7O3S2/c1-35(31,32)30-7-5-28(6-8-30)15-16-13-20-21(34-16)23(29-9-11-33-12-10-29)26-22(25-20)17-3-2-4-19-18(17)14-24-27-19/h2-4,13-14,18-19,27H,5-12,15H2,1H3. The van der Waals surface area contributed by atoms with Crippen molar-refractivity contribution in [2.45, 2.75) is 12.6 Å². The molecule has 6 rings (SSSR count). The van der Waals surface area contributed by atoms with Gasteiger partial charge in [0.05, 0.1) is 41.6 Å². The predicted molar refractivity (Wildman–Crippen MR) is 138 cm³/mol. The van der Waals surface area contributed by atoms with Crippen LogP contribution in [0.4, 0.5) is 5.82 Å². The summed E-state index contributed by atoms with van der Waals surface area (Å²) in [5, 5.41) is 4.27. The zero-order valence-corrected chi connectivity index (χ0v) is 21.3. The zero-order valence-electron chi connectivity index (χ0n) is 19.6. The Balaban J connectivity index is 1.32. The molecule has 0 spiro atoms. The summed E-state index contributed by atoms with van der Waals surface area (Å²) < 4.78 is 31.9. The lowest BCUT2D eigenvalue weighted by Gasteiger charge is -2.32. The highest BCUT2D eigenvalue weighted by Crippen LogP contribution is 2.37. The van der Waals surface area contributed by atoms with Crippen LogP contribution in [0.5, 0.6) is 0 Å². The van der Waals surface area contributed by atoms with Crippen molar-refractivity contribution < 1.29 is 13.2 Å². The second-order valence-electron chi connectivity index (χ2n) is 9.30. The molecule has 0 radical (unpaired) electrons. The van der Waals surface area contributed by atoms with E-state index < -0.39 is 10.0 Å². The molecule has 2 fully saturated rings. The van der Waals surface area contributed by atoms with Crippen LogP contribution in [0.15, 0.2) is 29.4 Å². The van der Waals surface area contributed by atoms with Gasteiger partial charge in [0.1, 0.15) is 0 Å². The summed E-state index contributed by atoms with van der Waals surface area (Å²) >= 11 is 1.74. The Hall–Kier alpha value is -2.38. The molecule has 0 amide bonds. The molecule has 2 aromatic rings. The van der Waals surface area contributed by atoms with Crippen molar-refractivity contribution in [2.75, 3.05) is 63.6 Å². The van der Waals surface area contributed by atoms with Crippen molar-refractivity contribution in [1.29, 1.82) is 0 Å². The first-order valence-corrected chi connectivity index (χ1v) is 14.6. The van der Waals surface area contributed by atoms with Gasteiger partial charge in [0, 0.05) is 62.5 Å². The van der Waals surface area contributed by atoms with Crippen molar-refractivity contribution >= 4 is 49.2 Å². The molecule has 2 aromatic heterocycles. The number of fused-ring (bicyclic) bond motifs is 2. The number of rotatable bonds is 5. The number of allylic oxidation sites excluding steroid dienone is 2. The van der Waals surface area contributed by atoms with Gasteiger partial charge in [0.2, 0.25) is 10.0 Å². The van der Waals surface area contributed by atoms with Crippen LogP contribution in [-0.2, 0) is 21.3 Å². The fraction of sp³-hybridized carbons (Fsp3) is 0.522. The average molecular weight is 516 g/mol. The minimum Gasteiger partial charge on any atom is -0.378 e. The molecular weight excluding hydrogens is 486 g/mol. The Morgan fingerprint density at radius 1 is 1.14 bits per heavy atom. The maximum atomic E-state index is 11.8. The van der Waals surface area contributed by atoms with E-state index in [1.165, 1.54) is 11.1 Å². The van der Waals surface area contributed by atoms with E-state index in [-0.39, 0.29) is 12.0 Å². The second kappa shape index (κ2) is 9.25. The van der Waals surface area contributed by atoms with E-state index in [4.69, 9.17) is 14.7 Å². The van der Waals surface area contributed by atoms with Crippen LogP contribution in [0.3, 0.4) is 0 Å². The lowest BCUT2D eigenvalue weighted by Crippen LogP contribution is -2.47. The highest BCUT2D eigenvalue weighted by molar-refractivity contribution is 7.88. The molecule has 1 N–H and O–H groups in total. The van der Waals surface area contributed by atoms with Gasteiger partial charge in [-0.05, 0) is 6.07 Å². The molecule has 5 heterocycles. The third kappa shape index (κ3) is 4.60. The molecule has 0 aromatic carbocycles. The molecule has 2 atom stereocenters. The molecule has 3 aliphatic heterocycles. The first kappa shape index (κ1) is 23.0. The van der Waals surface area contributed by atoms with Crippen LogP contribution >= 0.6 is 11.3 Å². The van der Waals surface area contributed by atoms with Crippen LogP contribution < -0.4 is 10.3 Å².